The fourth-order valence-corrected chi connectivity index (χ4v) is 7.67. The lowest BCUT2D eigenvalue weighted by molar-refractivity contribution is -0.0998. The zero-order valence-corrected chi connectivity index (χ0v) is 16.2. The van der Waals surface area contributed by atoms with E-state index in [4.69, 9.17) is 10.6 Å². The molecule has 0 saturated heterocycles. The Labute approximate surface area is 159 Å². The van der Waals surface area contributed by atoms with Crippen molar-refractivity contribution >= 4 is 17.0 Å². The van der Waals surface area contributed by atoms with Gasteiger partial charge < -0.3 is 15.7 Å². The van der Waals surface area contributed by atoms with Crippen LogP contribution in [0.25, 0.3) is 0 Å². The van der Waals surface area contributed by atoms with Gasteiger partial charge in [-0.15, -0.1) is 11.3 Å². The van der Waals surface area contributed by atoms with E-state index in [9.17, 15) is 5.11 Å². The van der Waals surface area contributed by atoms with Gasteiger partial charge in [0, 0.05) is 16.5 Å². The molecule has 4 bridgehead atoms. The third kappa shape index (κ3) is 2.92. The number of aliphatic hydroxyl groups is 1. The van der Waals surface area contributed by atoms with E-state index >= 15 is 0 Å². The van der Waals surface area contributed by atoms with Gasteiger partial charge >= 0.3 is 0 Å². The molecule has 0 radical (unpaired) electrons. The number of hydrogen-bond donors (Lipinski definition) is 2. The SMILES string of the molecule is NC(C(O)CO/N=C1\CCCc2sccc21)C12CC3CC(CC(C3)C1)C2. The molecule has 26 heavy (non-hydrogen) atoms. The second-order valence-corrected chi connectivity index (χ2v) is 10.3. The van der Waals surface area contributed by atoms with Crippen molar-refractivity contribution in [2.24, 2.45) is 34.1 Å². The third-order valence-corrected chi connectivity index (χ3v) is 8.48. The molecule has 0 amide bonds. The van der Waals surface area contributed by atoms with E-state index in [1.165, 1.54) is 49.0 Å². The number of hydrogen-bond acceptors (Lipinski definition) is 5. The highest BCUT2D eigenvalue weighted by molar-refractivity contribution is 7.10. The molecular weight excluding hydrogens is 344 g/mol. The van der Waals surface area contributed by atoms with Crippen LogP contribution in [0, 0.1) is 23.2 Å². The quantitative estimate of drug-likeness (QED) is 0.772. The summed E-state index contributed by atoms with van der Waals surface area (Å²) in [5, 5.41) is 17.2. The number of nitrogens with two attached hydrogens (primary N) is 1. The first-order valence-corrected chi connectivity index (χ1v) is 11.2. The maximum absolute atomic E-state index is 10.7. The lowest BCUT2D eigenvalue weighted by Crippen LogP contribution is -2.59. The number of thiophene rings is 1. The highest BCUT2D eigenvalue weighted by atomic mass is 32.1. The van der Waals surface area contributed by atoms with Gasteiger partial charge in [0.1, 0.15) is 12.7 Å². The van der Waals surface area contributed by atoms with Crippen LogP contribution in [0.3, 0.4) is 0 Å². The first-order chi connectivity index (χ1) is 12.6. The molecule has 142 valence electrons. The summed E-state index contributed by atoms with van der Waals surface area (Å²) in [7, 11) is 0. The van der Waals surface area contributed by atoms with Crippen molar-refractivity contribution < 1.29 is 9.94 Å². The summed E-state index contributed by atoms with van der Waals surface area (Å²) in [5.41, 5.74) is 9.04. The van der Waals surface area contributed by atoms with Crippen LogP contribution < -0.4 is 5.73 Å². The standard InChI is InChI=1S/C21H30N2O2S/c22-20(21-9-13-6-14(10-21)8-15(7-13)11-21)18(24)12-25-23-17-2-1-3-19-16(17)4-5-26-19/h4-5,13-15,18,20,24H,1-3,6-12,22H2/b23-17+. The highest BCUT2D eigenvalue weighted by Gasteiger charge is 2.54. The van der Waals surface area contributed by atoms with Gasteiger partial charge in [0.2, 0.25) is 0 Å². The van der Waals surface area contributed by atoms with Gasteiger partial charge in [0.05, 0.1) is 5.71 Å². The average molecular weight is 375 g/mol. The Morgan fingerprint density at radius 3 is 2.58 bits per heavy atom. The van der Waals surface area contributed by atoms with Gasteiger partial charge in [0.15, 0.2) is 0 Å². The van der Waals surface area contributed by atoms with Gasteiger partial charge in [-0.3, -0.25) is 0 Å². The van der Waals surface area contributed by atoms with Crippen LogP contribution in [-0.4, -0.2) is 29.6 Å². The fraction of sp³-hybridized carbons (Fsp3) is 0.762. The molecule has 1 heterocycles. The zero-order valence-electron chi connectivity index (χ0n) is 15.4. The molecule has 6 rings (SSSR count). The van der Waals surface area contributed by atoms with Crippen LogP contribution in [0.5, 0.6) is 0 Å². The molecule has 4 saturated carbocycles. The molecule has 1 aromatic heterocycles. The van der Waals surface area contributed by atoms with Crippen LogP contribution in [0.2, 0.25) is 0 Å². The van der Waals surface area contributed by atoms with Crippen molar-refractivity contribution in [1.82, 2.24) is 0 Å². The Kier molecular flexibility index (Phi) is 4.37. The topological polar surface area (TPSA) is 67.8 Å². The molecule has 0 aromatic carbocycles. The molecule has 2 unspecified atom stereocenters. The Bertz CT molecular complexity index is 663. The number of rotatable bonds is 5. The molecule has 5 heteroatoms. The smallest absolute Gasteiger partial charge is 0.144 e. The molecule has 0 aliphatic heterocycles. The fourth-order valence-electron chi connectivity index (χ4n) is 6.73. The number of aliphatic hydroxyl groups excluding tert-OH is 1. The minimum Gasteiger partial charge on any atom is -0.393 e. The minimum absolute atomic E-state index is 0.149. The summed E-state index contributed by atoms with van der Waals surface area (Å²) in [6.45, 7) is 0.214. The summed E-state index contributed by atoms with van der Waals surface area (Å²) in [4.78, 5) is 7.01. The predicted molar refractivity (Wildman–Crippen MR) is 104 cm³/mol. The summed E-state index contributed by atoms with van der Waals surface area (Å²) in [6, 6.07) is 1.96. The van der Waals surface area contributed by atoms with Gasteiger partial charge in [-0.1, -0.05) is 5.16 Å². The largest absolute Gasteiger partial charge is 0.393 e. The maximum atomic E-state index is 10.7. The molecular formula is C21H30N2O2S. The number of fused-ring (bicyclic) bond motifs is 1. The Morgan fingerprint density at radius 1 is 1.19 bits per heavy atom. The molecule has 5 aliphatic rings. The van der Waals surface area contributed by atoms with Crippen LogP contribution in [0.15, 0.2) is 16.6 Å². The number of aryl methyl sites for hydroxylation is 1. The summed E-state index contributed by atoms with van der Waals surface area (Å²) >= 11 is 1.80. The summed E-state index contributed by atoms with van der Waals surface area (Å²) in [5.74, 6) is 2.54. The first-order valence-electron chi connectivity index (χ1n) is 10.3. The van der Waals surface area contributed by atoms with Crippen molar-refractivity contribution in [3.8, 4) is 0 Å². The van der Waals surface area contributed by atoms with Gasteiger partial charge in [-0.05, 0) is 92.4 Å². The summed E-state index contributed by atoms with van der Waals surface area (Å²) in [6.07, 6.45) is 10.4. The van der Waals surface area contributed by atoms with E-state index in [1.54, 1.807) is 11.3 Å². The first kappa shape index (κ1) is 17.2. The average Bonchev–Trinajstić information content (AvgIpc) is 3.09. The van der Waals surface area contributed by atoms with Crippen molar-refractivity contribution in [2.75, 3.05) is 6.61 Å². The summed E-state index contributed by atoms with van der Waals surface area (Å²) < 4.78 is 0. The third-order valence-electron chi connectivity index (χ3n) is 7.50. The normalized spacial score (nSPS) is 39.0. The van der Waals surface area contributed by atoms with Crippen molar-refractivity contribution in [1.29, 1.82) is 0 Å². The molecule has 0 spiro atoms. The predicted octanol–water partition coefficient (Wildman–Crippen LogP) is 3.71. The molecule has 2 atom stereocenters. The monoisotopic (exact) mass is 374 g/mol. The van der Waals surface area contributed by atoms with Crippen LogP contribution in [0.1, 0.15) is 61.8 Å². The minimum atomic E-state index is -0.624. The van der Waals surface area contributed by atoms with Crippen LogP contribution >= 0.6 is 11.3 Å². The molecule has 3 N–H and O–H groups in total. The molecule has 4 nitrogen and oxygen atoms in total. The van der Waals surface area contributed by atoms with Crippen molar-refractivity contribution in [3.05, 3.63) is 21.9 Å². The molecule has 1 aromatic rings. The van der Waals surface area contributed by atoms with E-state index in [1.807, 2.05) is 0 Å². The molecule has 5 aliphatic carbocycles. The van der Waals surface area contributed by atoms with E-state index in [0.29, 0.717) is 0 Å². The Hall–Kier alpha value is -0.910. The van der Waals surface area contributed by atoms with E-state index in [2.05, 4.69) is 16.6 Å². The Morgan fingerprint density at radius 2 is 1.88 bits per heavy atom. The van der Waals surface area contributed by atoms with E-state index in [-0.39, 0.29) is 18.1 Å². The lowest BCUT2D eigenvalue weighted by atomic mass is 9.47. The Balaban J connectivity index is 1.23. The molecule has 4 fully saturated rings. The second kappa shape index (κ2) is 6.61. The van der Waals surface area contributed by atoms with E-state index < -0.39 is 6.10 Å². The lowest BCUT2D eigenvalue weighted by Gasteiger charge is -2.59. The zero-order chi connectivity index (χ0) is 17.7. The van der Waals surface area contributed by atoms with Crippen LogP contribution in [-0.2, 0) is 11.3 Å². The number of oxime groups is 1. The second-order valence-electron chi connectivity index (χ2n) is 9.32. The number of nitrogens with zero attached hydrogens (tertiary/aromatic N) is 1. The van der Waals surface area contributed by atoms with Gasteiger partial charge in [0.25, 0.3) is 0 Å². The van der Waals surface area contributed by atoms with Crippen LogP contribution in [0.4, 0.5) is 0 Å². The maximum Gasteiger partial charge on any atom is 0.144 e. The van der Waals surface area contributed by atoms with E-state index in [0.717, 1.165) is 42.7 Å². The van der Waals surface area contributed by atoms with Gasteiger partial charge in [-0.25, -0.2) is 0 Å². The van der Waals surface area contributed by atoms with Crippen molar-refractivity contribution in [2.45, 2.75) is 69.9 Å². The van der Waals surface area contributed by atoms with Gasteiger partial charge in [-0.2, -0.15) is 0 Å². The highest BCUT2D eigenvalue weighted by Crippen LogP contribution is 2.61. The van der Waals surface area contributed by atoms with Crippen molar-refractivity contribution in [3.63, 3.8) is 0 Å².